The van der Waals surface area contributed by atoms with E-state index in [9.17, 15) is 13.2 Å². The van der Waals surface area contributed by atoms with Crippen LogP contribution in [0, 0.1) is 6.92 Å². The van der Waals surface area contributed by atoms with Crippen molar-refractivity contribution in [1.29, 1.82) is 0 Å². The molecule has 0 unspecified atom stereocenters. The first-order valence-electron chi connectivity index (χ1n) is 5.26. The summed E-state index contributed by atoms with van der Waals surface area (Å²) in [5.41, 5.74) is 0.724. The molecule has 2 aromatic rings. The smallest absolute Gasteiger partial charge is 0.335 e. The van der Waals surface area contributed by atoms with Gasteiger partial charge in [-0.15, -0.1) is 0 Å². The van der Waals surface area contributed by atoms with Crippen molar-refractivity contribution in [3.63, 3.8) is 0 Å². The molecule has 0 aliphatic rings. The Labute approximate surface area is 109 Å². The molecule has 7 nitrogen and oxygen atoms in total. The van der Waals surface area contributed by atoms with Crippen molar-refractivity contribution in [2.45, 2.75) is 11.8 Å². The quantitative estimate of drug-likeness (QED) is 0.780. The number of hydrogen-bond acceptors (Lipinski definition) is 4. The Hall–Kier alpha value is -2.35. The van der Waals surface area contributed by atoms with Crippen LogP contribution in [-0.4, -0.2) is 29.7 Å². The molecule has 3 N–H and O–H groups in total. The summed E-state index contributed by atoms with van der Waals surface area (Å²) in [7, 11) is -3.83. The zero-order valence-corrected chi connectivity index (χ0v) is 10.7. The third-order valence-electron chi connectivity index (χ3n) is 2.50. The van der Waals surface area contributed by atoms with Crippen LogP contribution in [0.2, 0.25) is 0 Å². The lowest BCUT2D eigenvalue weighted by Gasteiger charge is -2.08. The summed E-state index contributed by atoms with van der Waals surface area (Å²) >= 11 is 0. The van der Waals surface area contributed by atoms with Crippen LogP contribution in [0.1, 0.15) is 15.9 Å². The Morgan fingerprint density at radius 3 is 2.74 bits per heavy atom. The van der Waals surface area contributed by atoms with Gasteiger partial charge in [-0.2, -0.15) is 5.10 Å². The van der Waals surface area contributed by atoms with E-state index in [4.69, 9.17) is 5.11 Å². The Kier molecular flexibility index (Phi) is 3.26. The predicted molar refractivity (Wildman–Crippen MR) is 67.5 cm³/mol. The molecular formula is C11H11N3O4S. The maximum Gasteiger partial charge on any atom is 0.335 e. The summed E-state index contributed by atoms with van der Waals surface area (Å²) in [5, 5.41) is 15.1. The Bertz CT molecular complexity index is 708. The van der Waals surface area contributed by atoms with E-state index in [-0.39, 0.29) is 16.1 Å². The number of aromatic carboxylic acids is 1. The molecule has 2 rings (SSSR count). The number of aromatic amines is 1. The van der Waals surface area contributed by atoms with Crippen molar-refractivity contribution in [3.8, 4) is 0 Å². The molecule has 1 heterocycles. The second kappa shape index (κ2) is 4.73. The monoisotopic (exact) mass is 281 g/mol. The third kappa shape index (κ3) is 2.74. The molecular weight excluding hydrogens is 270 g/mol. The molecule has 0 atom stereocenters. The molecule has 100 valence electrons. The number of aromatic nitrogens is 2. The maximum atomic E-state index is 12.0. The number of carbonyl (C=O) groups is 1. The molecule has 1 aromatic heterocycles. The minimum Gasteiger partial charge on any atom is -0.478 e. The molecule has 0 bridgehead atoms. The van der Waals surface area contributed by atoms with Gasteiger partial charge in [-0.05, 0) is 24.6 Å². The van der Waals surface area contributed by atoms with Gasteiger partial charge >= 0.3 is 5.97 Å². The minimum absolute atomic E-state index is 0.0462. The van der Waals surface area contributed by atoms with Crippen LogP contribution >= 0.6 is 0 Å². The molecule has 0 spiro atoms. The Morgan fingerprint density at radius 1 is 1.42 bits per heavy atom. The van der Waals surface area contributed by atoms with Gasteiger partial charge in [0, 0.05) is 6.20 Å². The molecule has 0 aliphatic heterocycles. The molecule has 19 heavy (non-hydrogen) atoms. The maximum absolute atomic E-state index is 12.0. The highest BCUT2D eigenvalue weighted by Crippen LogP contribution is 2.18. The van der Waals surface area contributed by atoms with Gasteiger partial charge in [0.05, 0.1) is 22.3 Å². The molecule has 8 heteroatoms. The van der Waals surface area contributed by atoms with Gasteiger partial charge in [-0.25, -0.2) is 13.2 Å². The van der Waals surface area contributed by atoms with Crippen LogP contribution in [0.3, 0.4) is 0 Å². The van der Waals surface area contributed by atoms with Crippen LogP contribution in [-0.2, 0) is 10.0 Å². The molecule has 0 saturated carbocycles. The van der Waals surface area contributed by atoms with Crippen molar-refractivity contribution in [2.24, 2.45) is 0 Å². The van der Waals surface area contributed by atoms with Crippen LogP contribution < -0.4 is 4.72 Å². The number of rotatable bonds is 4. The highest BCUT2D eigenvalue weighted by molar-refractivity contribution is 7.92. The SMILES string of the molecule is Cc1ccc(S(=O)(=O)Nc2cn[nH]c2)cc1C(=O)O. The van der Waals surface area contributed by atoms with Gasteiger partial charge in [-0.3, -0.25) is 9.82 Å². The van der Waals surface area contributed by atoms with E-state index in [0.29, 0.717) is 5.56 Å². The summed E-state index contributed by atoms with van der Waals surface area (Å²) in [6.07, 6.45) is 2.69. The summed E-state index contributed by atoms with van der Waals surface area (Å²) in [5.74, 6) is -1.17. The topological polar surface area (TPSA) is 112 Å². The first kappa shape index (κ1) is 13.1. The van der Waals surface area contributed by atoms with Gasteiger partial charge in [0.2, 0.25) is 0 Å². The number of anilines is 1. The van der Waals surface area contributed by atoms with Gasteiger partial charge in [0.25, 0.3) is 10.0 Å². The van der Waals surface area contributed by atoms with E-state index >= 15 is 0 Å². The highest BCUT2D eigenvalue weighted by atomic mass is 32.2. The van der Waals surface area contributed by atoms with Crippen LogP contribution in [0.25, 0.3) is 0 Å². The molecule has 0 amide bonds. The lowest BCUT2D eigenvalue weighted by atomic mass is 10.1. The fourth-order valence-corrected chi connectivity index (χ4v) is 2.58. The first-order valence-corrected chi connectivity index (χ1v) is 6.74. The number of carboxylic acids is 1. The Morgan fingerprint density at radius 2 is 2.16 bits per heavy atom. The average Bonchev–Trinajstić information content (AvgIpc) is 2.80. The Balaban J connectivity index is 2.41. The third-order valence-corrected chi connectivity index (χ3v) is 3.88. The van der Waals surface area contributed by atoms with E-state index in [1.807, 2.05) is 0 Å². The lowest BCUT2D eigenvalue weighted by Crippen LogP contribution is -2.13. The number of nitrogens with one attached hydrogen (secondary N) is 2. The normalized spacial score (nSPS) is 11.2. The fourth-order valence-electron chi connectivity index (χ4n) is 1.52. The highest BCUT2D eigenvalue weighted by Gasteiger charge is 2.18. The standard InChI is InChI=1S/C11H11N3O4S/c1-7-2-3-9(4-10(7)11(15)16)19(17,18)14-8-5-12-13-6-8/h2-6,14H,1H3,(H,12,13)(H,15,16). The number of sulfonamides is 1. The summed E-state index contributed by atoms with van der Waals surface area (Å²) in [4.78, 5) is 10.9. The largest absolute Gasteiger partial charge is 0.478 e. The van der Waals surface area contributed by atoms with E-state index < -0.39 is 16.0 Å². The van der Waals surface area contributed by atoms with Crippen molar-refractivity contribution in [1.82, 2.24) is 10.2 Å². The van der Waals surface area contributed by atoms with Crippen molar-refractivity contribution in [3.05, 3.63) is 41.7 Å². The van der Waals surface area contributed by atoms with E-state index in [0.717, 1.165) is 6.07 Å². The second-order valence-corrected chi connectivity index (χ2v) is 5.56. The van der Waals surface area contributed by atoms with Gasteiger partial charge in [0.15, 0.2) is 0 Å². The number of carboxylic acid groups (broad SMARTS) is 1. The van der Waals surface area contributed by atoms with Crippen molar-refractivity contribution in [2.75, 3.05) is 4.72 Å². The summed E-state index contributed by atoms with van der Waals surface area (Å²) in [6.45, 7) is 1.60. The average molecular weight is 281 g/mol. The van der Waals surface area contributed by atoms with E-state index in [2.05, 4.69) is 14.9 Å². The zero-order valence-electron chi connectivity index (χ0n) is 9.91. The molecule has 0 fully saturated rings. The van der Waals surface area contributed by atoms with Gasteiger partial charge in [-0.1, -0.05) is 6.07 Å². The molecule has 1 aromatic carbocycles. The second-order valence-electron chi connectivity index (χ2n) is 3.87. The van der Waals surface area contributed by atoms with Crippen LogP contribution in [0.5, 0.6) is 0 Å². The predicted octanol–water partition coefficient (Wildman–Crippen LogP) is 1.22. The van der Waals surface area contributed by atoms with Crippen LogP contribution in [0.15, 0.2) is 35.5 Å². The summed E-state index contributed by atoms with van der Waals surface area (Å²) < 4.78 is 26.4. The van der Waals surface area contributed by atoms with Gasteiger partial charge in [0.1, 0.15) is 0 Å². The van der Waals surface area contributed by atoms with E-state index in [1.54, 1.807) is 6.92 Å². The lowest BCUT2D eigenvalue weighted by molar-refractivity contribution is 0.0696. The number of benzene rings is 1. The molecule has 0 aliphatic carbocycles. The van der Waals surface area contributed by atoms with Crippen molar-refractivity contribution >= 4 is 21.7 Å². The first-order chi connectivity index (χ1) is 8.90. The number of H-pyrrole nitrogens is 1. The van der Waals surface area contributed by atoms with E-state index in [1.165, 1.54) is 24.5 Å². The van der Waals surface area contributed by atoms with Crippen molar-refractivity contribution < 1.29 is 18.3 Å². The minimum atomic E-state index is -3.83. The number of nitrogens with zero attached hydrogens (tertiary/aromatic N) is 1. The fraction of sp³-hybridized carbons (Fsp3) is 0.0909. The number of aryl methyl sites for hydroxylation is 1. The summed E-state index contributed by atoms with van der Waals surface area (Å²) in [6, 6.07) is 3.93. The number of hydrogen-bond donors (Lipinski definition) is 3. The molecule has 0 radical (unpaired) electrons. The van der Waals surface area contributed by atoms with Gasteiger partial charge < -0.3 is 5.11 Å². The molecule has 0 saturated heterocycles. The zero-order chi connectivity index (χ0) is 14.0. The van der Waals surface area contributed by atoms with Crippen LogP contribution in [0.4, 0.5) is 5.69 Å².